The van der Waals surface area contributed by atoms with Crippen LogP contribution >= 0.6 is 81.2 Å². The number of carbonyl (C=O) groups is 2. The number of aldehydes is 2. The van der Waals surface area contributed by atoms with E-state index >= 15 is 0 Å². The average Bonchev–Trinajstić information content (AvgIpc) is 1.48. The Kier molecular flexibility index (Phi) is 25.1. The molecule has 2 atom stereocenters. The van der Waals surface area contributed by atoms with Gasteiger partial charge >= 0.3 is 0 Å². The number of aromatic nitrogens is 2. The molecule has 6 heterocycles. The second kappa shape index (κ2) is 34.8. The van der Waals surface area contributed by atoms with Crippen LogP contribution in [0.3, 0.4) is 0 Å². The summed E-state index contributed by atoms with van der Waals surface area (Å²) in [6.07, 6.45) is 40.7. The average molecular weight is 1550 g/mol. The van der Waals surface area contributed by atoms with Crippen molar-refractivity contribution in [1.29, 1.82) is 0 Å². The Balaban J connectivity index is 1.14. The van der Waals surface area contributed by atoms with Gasteiger partial charge in [-0.2, -0.15) is 8.75 Å². The first-order valence-electron chi connectivity index (χ1n) is 40.6. The molecule has 0 spiro atoms. The number of thiophene rings is 5. The summed E-state index contributed by atoms with van der Waals surface area (Å²) in [4.78, 5) is 33.0. The van der Waals surface area contributed by atoms with Gasteiger partial charge in [0.1, 0.15) is 11.0 Å². The number of hydrogen-bond donors (Lipinski definition) is 2. The zero-order chi connectivity index (χ0) is 74.3. The van der Waals surface area contributed by atoms with Gasteiger partial charge < -0.3 is 0 Å². The Labute approximate surface area is 666 Å². The predicted octanol–water partition coefficient (Wildman–Crippen LogP) is 26.9. The largest absolute Gasteiger partial charge is 0.298 e. The molecule has 107 heavy (non-hydrogen) atoms. The highest BCUT2D eigenvalue weighted by atomic mass is 32.1. The van der Waals surface area contributed by atoms with Gasteiger partial charge in [0.05, 0.1) is 61.7 Å². The van der Waals surface area contributed by atoms with Crippen molar-refractivity contribution in [2.75, 3.05) is 0 Å². The summed E-state index contributed by atoms with van der Waals surface area (Å²) >= 11 is 15.6. The predicted molar refractivity (Wildman–Crippen MR) is 469 cm³/mol. The molecule has 6 aromatic heterocycles. The maximum Gasteiger partial charge on any atom is 0.232 e. The lowest BCUT2D eigenvalue weighted by Crippen LogP contribution is -2.47. The molecule has 6 nitrogen and oxygen atoms in total. The fourth-order valence-electron chi connectivity index (χ4n) is 17.9. The summed E-state index contributed by atoms with van der Waals surface area (Å²) in [7, 11) is 0. The third kappa shape index (κ3) is 14.9. The fourth-order valence-corrected chi connectivity index (χ4v) is 26.2. The van der Waals surface area contributed by atoms with Gasteiger partial charge in [-0.15, -0.1) is 56.7 Å². The normalized spacial score (nSPS) is 16.4. The molecule has 0 bridgehead atoms. The lowest BCUT2D eigenvalue weighted by molar-refractivity contribution is -0.109. The number of thiol groups is 1. The van der Waals surface area contributed by atoms with E-state index in [9.17, 15) is 9.59 Å². The Bertz CT molecular complexity index is 5130. The summed E-state index contributed by atoms with van der Waals surface area (Å²) in [5.41, 5.74) is 26.0. The lowest BCUT2D eigenvalue weighted by atomic mass is 9.66. The first-order valence-corrected chi connectivity index (χ1v) is 45.8. The summed E-state index contributed by atoms with van der Waals surface area (Å²) in [5, 5.41) is 7.33. The number of unbranched alkanes of at least 4 members (excludes halogenated alkanes) is 18. The molecule has 11 aromatic rings. The third-order valence-corrected chi connectivity index (χ3v) is 30.4. The lowest BCUT2D eigenvalue weighted by Gasteiger charge is -2.35. The fraction of sp³-hybridized carbons (Fsp3) is 0.426. The number of rotatable bonds is 38. The van der Waals surface area contributed by atoms with Crippen LogP contribution in [0.25, 0.3) is 65.4 Å². The van der Waals surface area contributed by atoms with Crippen molar-refractivity contribution >= 4 is 141 Å². The summed E-state index contributed by atoms with van der Waals surface area (Å²) < 4.78 is 19.5. The van der Waals surface area contributed by atoms with Crippen LogP contribution in [0, 0.1) is 13.8 Å². The van der Waals surface area contributed by atoms with Crippen LogP contribution in [-0.2, 0) is 54.1 Å². The van der Waals surface area contributed by atoms with E-state index < -0.39 is 10.8 Å². The number of nitrogens with zero attached hydrogens (tertiary/aromatic N) is 3. The highest BCUT2D eigenvalue weighted by molar-refractivity contribution is 7.79. The van der Waals surface area contributed by atoms with E-state index in [-0.39, 0.29) is 0 Å². The molecule has 2 unspecified atom stereocenters. The molecule has 5 aromatic carbocycles. The Morgan fingerprint density at radius 2 is 0.850 bits per heavy atom. The number of nitrogens with two attached hydrogens (primary N) is 1. The molecular weight excluding hydrogens is 1440 g/mol. The first kappa shape index (κ1) is 77.2. The number of fused-ring (bicyclic) bond motifs is 12. The van der Waals surface area contributed by atoms with Crippen molar-refractivity contribution in [3.63, 3.8) is 0 Å². The minimum Gasteiger partial charge on any atom is -0.298 e. The van der Waals surface area contributed by atoms with Crippen molar-refractivity contribution in [2.45, 2.75) is 259 Å². The number of benzene rings is 5. The van der Waals surface area contributed by atoms with Crippen LogP contribution in [0.1, 0.15) is 300 Å². The maximum absolute atomic E-state index is 12.7. The van der Waals surface area contributed by atoms with E-state index in [4.69, 9.17) is 14.2 Å². The smallest absolute Gasteiger partial charge is 0.232 e. The Morgan fingerprint density at radius 1 is 0.421 bits per heavy atom. The quantitative estimate of drug-likeness (QED) is 0.0174. The standard InChI is InChI=1S/C94H106N4O2S7/c1-9-15-21-27-33-61-43-59(7)45-69(49-61)93(71-51-63(35-29-23-17-11-3)47-64(52-71)36-30-24-18-12-4)75-55-76(73-41-39-67(57-99)83(96-101)82(73)95)102-86(75)88-80(93)90-92(105-88)81-91(106-90)89-79(87-78(104-89)56-77(103-87)74-42-40-68(58-100)84-85(74)98-107-97-84)94(81,70-46-60(8)44-62(50-70)34-28-22-16-10-2)72-53-65(37-31-25-19-13-5)48-66(54-72)38-32-26-20-14-6/h39-58,95,101H,9-38H2,1-8H3/p+1. The van der Waals surface area contributed by atoms with Crippen LogP contribution in [0.2, 0.25) is 0 Å². The molecular formula is C94H107N4O2S7+. The highest BCUT2D eigenvalue weighted by Crippen LogP contribution is 2.72. The second-order valence-corrected chi connectivity index (χ2v) is 37.0. The van der Waals surface area contributed by atoms with E-state index in [1.165, 1.54) is 255 Å². The van der Waals surface area contributed by atoms with E-state index in [2.05, 4.69) is 186 Å². The zero-order valence-corrected chi connectivity index (χ0v) is 70.2. The molecule has 0 aliphatic heterocycles. The molecule has 13 heteroatoms. The summed E-state index contributed by atoms with van der Waals surface area (Å²) in [6.45, 7) is 18.7. The van der Waals surface area contributed by atoms with Crippen molar-refractivity contribution in [1.82, 2.24) is 8.75 Å². The molecule has 0 amide bonds. The topological polar surface area (TPSA) is 97.9 Å². The van der Waals surface area contributed by atoms with Gasteiger partial charge in [0.25, 0.3) is 0 Å². The van der Waals surface area contributed by atoms with Gasteiger partial charge in [-0.25, -0.2) is 4.40 Å². The molecule has 0 saturated heterocycles. The Hall–Kier alpha value is -6.55. The number of allylic oxidation sites excluding steroid dienone is 4. The van der Waals surface area contributed by atoms with E-state index in [0.717, 1.165) is 116 Å². The van der Waals surface area contributed by atoms with Crippen molar-refractivity contribution in [3.8, 4) is 29.9 Å². The molecule has 0 fully saturated rings. The molecule has 0 saturated carbocycles. The van der Waals surface area contributed by atoms with Gasteiger partial charge in [0, 0.05) is 47.8 Å². The van der Waals surface area contributed by atoms with Gasteiger partial charge in [0.15, 0.2) is 18.3 Å². The van der Waals surface area contributed by atoms with Gasteiger partial charge in [-0.1, -0.05) is 247 Å². The maximum atomic E-state index is 12.7. The monoisotopic (exact) mass is 1550 g/mol. The van der Waals surface area contributed by atoms with E-state index in [1.807, 2.05) is 52.2 Å². The number of hydrogen-bond acceptors (Lipinski definition) is 12. The zero-order valence-electron chi connectivity index (χ0n) is 64.4. The number of aryl methyl sites for hydroxylation is 8. The summed E-state index contributed by atoms with van der Waals surface area (Å²) in [5.74, 6) is 0. The number of carbonyl (C=O) groups excluding carboxylic acids is 2. The molecule has 3 aliphatic carbocycles. The van der Waals surface area contributed by atoms with Crippen LogP contribution in [0.15, 0.2) is 119 Å². The van der Waals surface area contributed by atoms with Gasteiger partial charge in [-0.3, -0.25) is 15.0 Å². The van der Waals surface area contributed by atoms with E-state index in [0.29, 0.717) is 28.1 Å². The molecule has 3 aliphatic rings. The van der Waals surface area contributed by atoms with Gasteiger partial charge in [-0.05, 0) is 195 Å². The Morgan fingerprint density at radius 3 is 1.33 bits per heavy atom. The summed E-state index contributed by atoms with van der Waals surface area (Å²) in [6, 6.07) is 40.5. The highest BCUT2D eigenvalue weighted by Gasteiger charge is 2.56. The molecule has 2 N–H and O–H groups in total. The molecule has 556 valence electrons. The SMILES string of the molecule is CCCCCCc1cc(C)cc(C2(c3cc(CCCCCC)cc(CCCCCC)c3)c3cc(C4=CC=C(C=O)C(=NS)C4=[NH2+])sc3-c3sc4c5c(sc4c32)-c2sc3cc(-c4ccc(C=O)c6nsnc46)sc3c2C5(c2cc(C)cc(CCCCCC)c2)c2cc(CCCCCC)cc(CCCCCC)c2)c1. The molecule has 0 radical (unpaired) electrons. The minimum absolute atomic E-state index is 0.415. The van der Waals surface area contributed by atoms with Crippen LogP contribution in [0.5, 0.6) is 0 Å². The third-order valence-electron chi connectivity index (χ3n) is 23.2. The minimum atomic E-state index is -0.753. The van der Waals surface area contributed by atoms with Crippen LogP contribution < -0.4 is 5.41 Å². The van der Waals surface area contributed by atoms with Crippen molar-refractivity contribution in [3.05, 3.63) is 214 Å². The second-order valence-electron chi connectivity index (χ2n) is 31.1. The van der Waals surface area contributed by atoms with Crippen LogP contribution in [0.4, 0.5) is 0 Å². The van der Waals surface area contributed by atoms with Crippen LogP contribution in [-0.4, -0.2) is 32.7 Å². The van der Waals surface area contributed by atoms with Crippen molar-refractivity contribution in [2.24, 2.45) is 4.40 Å². The van der Waals surface area contributed by atoms with E-state index in [1.54, 1.807) is 0 Å². The first-order chi connectivity index (χ1) is 52.4. The van der Waals surface area contributed by atoms with Crippen molar-refractivity contribution < 1.29 is 15.0 Å². The van der Waals surface area contributed by atoms with Gasteiger partial charge in [0.2, 0.25) is 5.71 Å². The molecule has 14 rings (SSSR count).